The second-order valence-electron chi connectivity index (χ2n) is 7.22. The predicted octanol–water partition coefficient (Wildman–Crippen LogP) is 4.86. The fourth-order valence-corrected chi connectivity index (χ4v) is 4.37. The highest BCUT2D eigenvalue weighted by Crippen LogP contribution is 2.31. The van der Waals surface area contributed by atoms with Crippen molar-refractivity contribution in [2.45, 2.75) is 18.2 Å². The van der Waals surface area contributed by atoms with E-state index >= 15 is 0 Å². The summed E-state index contributed by atoms with van der Waals surface area (Å²) >= 11 is 1.31. The zero-order valence-electron chi connectivity index (χ0n) is 17.6. The van der Waals surface area contributed by atoms with Crippen molar-refractivity contribution in [3.8, 4) is 5.75 Å². The number of anilines is 1. The summed E-state index contributed by atoms with van der Waals surface area (Å²) in [6.07, 6.45) is 0.109. The molecule has 1 atom stereocenters. The summed E-state index contributed by atoms with van der Waals surface area (Å²) in [6, 6.07) is 26.3. The maximum atomic E-state index is 13.1. The van der Waals surface area contributed by atoms with Gasteiger partial charge in [-0.2, -0.15) is 0 Å². The zero-order valence-corrected chi connectivity index (χ0v) is 18.4. The van der Waals surface area contributed by atoms with Crippen LogP contribution in [0.1, 0.15) is 12.0 Å². The Morgan fingerprint density at radius 2 is 1.69 bits per heavy atom. The van der Waals surface area contributed by atoms with Gasteiger partial charge in [0.25, 0.3) is 0 Å². The van der Waals surface area contributed by atoms with Crippen molar-refractivity contribution in [3.63, 3.8) is 0 Å². The highest BCUT2D eigenvalue weighted by Gasteiger charge is 2.36. The Balaban J connectivity index is 1.60. The number of ether oxygens (including phenoxy) is 1. The number of nitrogens with one attached hydrogen (secondary N) is 1. The number of nitrogens with zero attached hydrogens (tertiary/aromatic N) is 2. The molecule has 0 saturated carbocycles. The van der Waals surface area contributed by atoms with Gasteiger partial charge in [-0.05, 0) is 42.0 Å². The van der Waals surface area contributed by atoms with E-state index in [-0.39, 0.29) is 18.2 Å². The number of rotatable bonds is 6. The molecule has 0 aromatic heterocycles. The molecule has 6 nitrogen and oxygen atoms in total. The SMILES string of the molecule is COc1ccc(N=C2SC(C(=O)Nc3ccccc3)CC(=O)N2Cc2ccccc2)cc1. The molecule has 0 spiro atoms. The quantitative estimate of drug-likeness (QED) is 0.588. The highest BCUT2D eigenvalue weighted by molar-refractivity contribution is 8.15. The molecule has 0 bridgehead atoms. The number of benzene rings is 3. The van der Waals surface area contributed by atoms with E-state index < -0.39 is 5.25 Å². The number of amidine groups is 1. The monoisotopic (exact) mass is 445 g/mol. The minimum Gasteiger partial charge on any atom is -0.497 e. The van der Waals surface area contributed by atoms with Gasteiger partial charge >= 0.3 is 0 Å². The molecular formula is C25H23N3O3S. The summed E-state index contributed by atoms with van der Waals surface area (Å²) in [4.78, 5) is 32.3. The first-order chi connectivity index (χ1) is 15.6. The van der Waals surface area contributed by atoms with Crippen LogP contribution < -0.4 is 10.1 Å². The average Bonchev–Trinajstić information content (AvgIpc) is 2.83. The van der Waals surface area contributed by atoms with Crippen LogP contribution in [0.25, 0.3) is 0 Å². The first kappa shape index (κ1) is 21.6. The fourth-order valence-electron chi connectivity index (χ4n) is 3.27. The number of para-hydroxylation sites is 1. The number of carbonyl (C=O) groups excluding carboxylic acids is 2. The van der Waals surface area contributed by atoms with Gasteiger partial charge in [-0.25, -0.2) is 4.99 Å². The minimum atomic E-state index is -0.563. The van der Waals surface area contributed by atoms with Crippen LogP contribution in [0.4, 0.5) is 11.4 Å². The summed E-state index contributed by atoms with van der Waals surface area (Å²) < 4.78 is 5.21. The van der Waals surface area contributed by atoms with E-state index in [4.69, 9.17) is 9.73 Å². The van der Waals surface area contributed by atoms with Crippen molar-refractivity contribution in [1.29, 1.82) is 0 Å². The summed E-state index contributed by atoms with van der Waals surface area (Å²) in [5, 5.41) is 2.83. The molecule has 1 N–H and O–H groups in total. The second-order valence-corrected chi connectivity index (χ2v) is 8.39. The molecule has 162 valence electrons. The smallest absolute Gasteiger partial charge is 0.238 e. The Bertz CT molecular complexity index is 1100. The van der Waals surface area contributed by atoms with Gasteiger partial charge in [-0.3, -0.25) is 14.5 Å². The summed E-state index contributed by atoms with van der Waals surface area (Å²) in [5.74, 6) is 0.381. The maximum Gasteiger partial charge on any atom is 0.238 e. The Kier molecular flexibility index (Phi) is 6.87. The van der Waals surface area contributed by atoms with Crippen LogP contribution in [0.5, 0.6) is 5.75 Å². The third-order valence-electron chi connectivity index (χ3n) is 4.95. The number of thioether (sulfide) groups is 1. The third kappa shape index (κ3) is 5.36. The van der Waals surface area contributed by atoms with Gasteiger partial charge in [0.05, 0.1) is 19.3 Å². The fraction of sp³-hybridized carbons (Fsp3) is 0.160. The standard InChI is InChI=1S/C25H23N3O3S/c1-31-21-14-12-20(13-15-21)27-25-28(17-18-8-4-2-5-9-18)23(29)16-22(32-25)24(30)26-19-10-6-3-7-11-19/h2-15,22H,16-17H2,1H3,(H,26,30). The molecule has 1 saturated heterocycles. The third-order valence-corrected chi connectivity index (χ3v) is 6.14. The van der Waals surface area contributed by atoms with Crippen molar-refractivity contribution in [2.24, 2.45) is 4.99 Å². The van der Waals surface area contributed by atoms with Gasteiger partial charge in [-0.1, -0.05) is 60.3 Å². The first-order valence-corrected chi connectivity index (χ1v) is 11.1. The molecule has 1 heterocycles. The number of hydrogen-bond acceptors (Lipinski definition) is 5. The van der Waals surface area contributed by atoms with E-state index in [2.05, 4.69) is 5.32 Å². The molecule has 0 aliphatic carbocycles. The number of amides is 2. The number of carbonyl (C=O) groups is 2. The summed E-state index contributed by atoms with van der Waals surface area (Å²) in [6.45, 7) is 0.398. The molecule has 1 aliphatic rings. The molecule has 7 heteroatoms. The second kappa shape index (κ2) is 10.2. The topological polar surface area (TPSA) is 71.0 Å². The van der Waals surface area contributed by atoms with Crippen LogP contribution in [0.15, 0.2) is 89.9 Å². The van der Waals surface area contributed by atoms with Gasteiger partial charge in [0.15, 0.2) is 5.17 Å². The van der Waals surface area contributed by atoms with Crippen molar-refractivity contribution in [1.82, 2.24) is 4.90 Å². The van der Waals surface area contributed by atoms with Crippen LogP contribution in [0, 0.1) is 0 Å². The van der Waals surface area contributed by atoms with Crippen LogP contribution in [-0.2, 0) is 16.1 Å². The average molecular weight is 446 g/mol. The number of aliphatic imine (C=N–C) groups is 1. The lowest BCUT2D eigenvalue weighted by atomic mass is 10.2. The van der Waals surface area contributed by atoms with E-state index in [9.17, 15) is 9.59 Å². The van der Waals surface area contributed by atoms with E-state index in [1.165, 1.54) is 11.8 Å². The van der Waals surface area contributed by atoms with Crippen LogP contribution in [0.3, 0.4) is 0 Å². The highest BCUT2D eigenvalue weighted by atomic mass is 32.2. The lowest BCUT2D eigenvalue weighted by Crippen LogP contribution is -2.44. The zero-order chi connectivity index (χ0) is 22.3. The number of methoxy groups -OCH3 is 1. The molecule has 0 radical (unpaired) electrons. The van der Waals surface area contributed by atoms with Gasteiger partial charge in [0.2, 0.25) is 11.8 Å². The Morgan fingerprint density at radius 1 is 1.03 bits per heavy atom. The normalized spacial score (nSPS) is 17.3. The predicted molar refractivity (Wildman–Crippen MR) is 128 cm³/mol. The molecule has 1 fully saturated rings. The van der Waals surface area contributed by atoms with Gasteiger partial charge < -0.3 is 10.1 Å². The van der Waals surface area contributed by atoms with Crippen molar-refractivity contribution < 1.29 is 14.3 Å². The van der Waals surface area contributed by atoms with E-state index in [1.54, 1.807) is 12.0 Å². The van der Waals surface area contributed by atoms with Gasteiger partial charge in [0, 0.05) is 12.1 Å². The Morgan fingerprint density at radius 3 is 2.34 bits per heavy atom. The summed E-state index contributed by atoms with van der Waals surface area (Å²) in [5.41, 5.74) is 2.38. The molecule has 3 aromatic carbocycles. The lowest BCUT2D eigenvalue weighted by Gasteiger charge is -2.32. The molecule has 1 aliphatic heterocycles. The van der Waals surface area contributed by atoms with Crippen molar-refractivity contribution >= 4 is 40.1 Å². The van der Waals surface area contributed by atoms with Crippen LogP contribution in [-0.4, -0.2) is 34.2 Å². The van der Waals surface area contributed by atoms with E-state index in [1.807, 2.05) is 84.9 Å². The molecule has 2 amide bonds. The van der Waals surface area contributed by atoms with Crippen LogP contribution in [0.2, 0.25) is 0 Å². The summed E-state index contributed by atoms with van der Waals surface area (Å²) in [7, 11) is 1.61. The lowest BCUT2D eigenvalue weighted by molar-refractivity contribution is -0.129. The molecule has 4 rings (SSSR count). The Hall–Kier alpha value is -3.58. The van der Waals surface area contributed by atoms with Crippen LogP contribution >= 0.6 is 11.8 Å². The van der Waals surface area contributed by atoms with Crippen molar-refractivity contribution in [3.05, 3.63) is 90.5 Å². The van der Waals surface area contributed by atoms with Crippen molar-refractivity contribution in [2.75, 3.05) is 12.4 Å². The first-order valence-electron chi connectivity index (χ1n) is 10.2. The molecule has 32 heavy (non-hydrogen) atoms. The number of hydrogen-bond donors (Lipinski definition) is 1. The molecule has 3 aromatic rings. The largest absolute Gasteiger partial charge is 0.497 e. The van der Waals surface area contributed by atoms with Gasteiger partial charge in [0.1, 0.15) is 11.0 Å². The Labute approximate surface area is 191 Å². The van der Waals surface area contributed by atoms with E-state index in [0.717, 1.165) is 11.3 Å². The minimum absolute atomic E-state index is 0.109. The maximum absolute atomic E-state index is 13.1. The van der Waals surface area contributed by atoms with E-state index in [0.29, 0.717) is 23.1 Å². The van der Waals surface area contributed by atoms with Gasteiger partial charge in [-0.15, -0.1) is 0 Å². The molecule has 1 unspecified atom stereocenters. The molecular weight excluding hydrogens is 422 g/mol.